The fourth-order valence-corrected chi connectivity index (χ4v) is 5.01. The van der Waals surface area contributed by atoms with Gasteiger partial charge in [0.15, 0.2) is 0 Å². The van der Waals surface area contributed by atoms with Crippen LogP contribution in [0.3, 0.4) is 0 Å². The highest BCUT2D eigenvalue weighted by Crippen LogP contribution is 2.52. The number of rotatable bonds is 3. The van der Waals surface area contributed by atoms with Crippen molar-refractivity contribution in [3.8, 4) is 0 Å². The van der Waals surface area contributed by atoms with Crippen molar-refractivity contribution in [2.75, 3.05) is 0 Å². The van der Waals surface area contributed by atoms with Crippen molar-refractivity contribution in [1.82, 2.24) is 4.72 Å². The highest BCUT2D eigenvalue weighted by atomic mass is 32.2. The largest absolute Gasteiger partial charge is 0.327 e. The average molecular weight is 314 g/mol. The molecule has 0 spiro atoms. The SMILES string of the molecule is Cc1ccc(S(=O)(=O)NC2C(C)(C)C(N)C2(C)C)cc1F. The third kappa shape index (κ3) is 2.49. The van der Waals surface area contributed by atoms with Gasteiger partial charge in [-0.15, -0.1) is 0 Å². The van der Waals surface area contributed by atoms with Crippen molar-refractivity contribution >= 4 is 10.0 Å². The fraction of sp³-hybridized carbons (Fsp3) is 0.600. The van der Waals surface area contributed by atoms with E-state index in [1.807, 2.05) is 27.7 Å². The summed E-state index contributed by atoms with van der Waals surface area (Å²) in [6.45, 7) is 9.34. The lowest BCUT2D eigenvalue weighted by Gasteiger charge is -2.62. The number of nitrogens with two attached hydrogens (primary N) is 1. The molecule has 1 saturated carbocycles. The molecule has 6 heteroatoms. The van der Waals surface area contributed by atoms with Gasteiger partial charge in [0.1, 0.15) is 5.82 Å². The third-order valence-electron chi connectivity index (χ3n) is 4.82. The maximum Gasteiger partial charge on any atom is 0.240 e. The van der Waals surface area contributed by atoms with Crippen molar-refractivity contribution in [1.29, 1.82) is 0 Å². The number of nitrogens with one attached hydrogen (secondary N) is 1. The normalized spacial score (nSPS) is 27.2. The van der Waals surface area contributed by atoms with Gasteiger partial charge in [-0.05, 0) is 35.4 Å². The zero-order valence-corrected chi connectivity index (χ0v) is 13.9. The molecule has 3 N–H and O–H groups in total. The predicted molar refractivity (Wildman–Crippen MR) is 80.8 cm³/mol. The minimum atomic E-state index is -3.77. The van der Waals surface area contributed by atoms with Gasteiger partial charge in [0.05, 0.1) is 4.90 Å². The van der Waals surface area contributed by atoms with E-state index in [0.717, 1.165) is 6.07 Å². The van der Waals surface area contributed by atoms with E-state index >= 15 is 0 Å². The lowest BCUT2D eigenvalue weighted by atomic mass is 9.49. The summed E-state index contributed by atoms with van der Waals surface area (Å²) in [5, 5.41) is 0. The molecule has 0 bridgehead atoms. The van der Waals surface area contributed by atoms with Crippen molar-refractivity contribution in [2.45, 2.75) is 51.6 Å². The molecule has 0 aliphatic heterocycles. The Kier molecular flexibility index (Phi) is 3.72. The highest BCUT2D eigenvalue weighted by molar-refractivity contribution is 7.89. The smallest absolute Gasteiger partial charge is 0.240 e. The van der Waals surface area contributed by atoms with Gasteiger partial charge >= 0.3 is 0 Å². The summed E-state index contributed by atoms with van der Waals surface area (Å²) in [7, 11) is -3.77. The van der Waals surface area contributed by atoms with E-state index in [1.54, 1.807) is 6.92 Å². The highest BCUT2D eigenvalue weighted by Gasteiger charge is 2.61. The molecule has 4 nitrogen and oxygen atoms in total. The van der Waals surface area contributed by atoms with Crippen molar-refractivity contribution in [3.05, 3.63) is 29.6 Å². The van der Waals surface area contributed by atoms with Crippen LogP contribution in [0.4, 0.5) is 4.39 Å². The molecule has 118 valence electrons. The Morgan fingerprint density at radius 2 is 1.71 bits per heavy atom. The minimum Gasteiger partial charge on any atom is -0.327 e. The number of sulfonamides is 1. The number of hydrogen-bond acceptors (Lipinski definition) is 3. The topological polar surface area (TPSA) is 72.2 Å². The van der Waals surface area contributed by atoms with Crippen LogP contribution in [0.5, 0.6) is 0 Å². The van der Waals surface area contributed by atoms with Gasteiger partial charge < -0.3 is 5.73 Å². The first-order valence-electron chi connectivity index (χ1n) is 6.95. The van der Waals surface area contributed by atoms with Crippen LogP contribution in [-0.2, 0) is 10.0 Å². The fourth-order valence-electron chi connectivity index (χ4n) is 3.45. The molecule has 1 fully saturated rings. The van der Waals surface area contributed by atoms with Gasteiger partial charge in [0.2, 0.25) is 10.0 Å². The van der Waals surface area contributed by atoms with E-state index in [0.29, 0.717) is 5.56 Å². The first-order chi connectivity index (χ1) is 9.40. The third-order valence-corrected chi connectivity index (χ3v) is 6.24. The standard InChI is InChI=1S/C15H23FN2O2S/c1-9-6-7-10(8-11(9)16)21(19,20)18-13-14(2,3)12(17)15(13,4)5/h6-8,12-13,18H,17H2,1-5H3. The van der Waals surface area contributed by atoms with Crippen molar-refractivity contribution < 1.29 is 12.8 Å². The zero-order valence-electron chi connectivity index (χ0n) is 13.1. The van der Waals surface area contributed by atoms with Gasteiger partial charge in [-0.25, -0.2) is 17.5 Å². The van der Waals surface area contributed by atoms with E-state index < -0.39 is 15.8 Å². The van der Waals surface area contributed by atoms with Crippen LogP contribution in [0.15, 0.2) is 23.1 Å². The second-order valence-corrected chi connectivity index (χ2v) is 8.80. The van der Waals surface area contributed by atoms with Crippen LogP contribution in [0.1, 0.15) is 33.3 Å². The van der Waals surface area contributed by atoms with E-state index in [-0.39, 0.29) is 27.8 Å². The summed E-state index contributed by atoms with van der Waals surface area (Å²) < 4.78 is 41.2. The molecule has 0 aromatic heterocycles. The number of benzene rings is 1. The summed E-state index contributed by atoms with van der Waals surface area (Å²) in [6.07, 6.45) is 0. The minimum absolute atomic E-state index is 0.0577. The quantitative estimate of drug-likeness (QED) is 0.898. The van der Waals surface area contributed by atoms with Gasteiger partial charge in [0, 0.05) is 12.1 Å². The Morgan fingerprint density at radius 3 is 2.19 bits per heavy atom. The monoisotopic (exact) mass is 314 g/mol. The average Bonchev–Trinajstić information content (AvgIpc) is 2.38. The molecule has 1 aliphatic carbocycles. The lowest BCUT2D eigenvalue weighted by molar-refractivity contribution is -0.0593. The van der Waals surface area contributed by atoms with E-state index in [9.17, 15) is 12.8 Å². The molecule has 0 amide bonds. The van der Waals surface area contributed by atoms with Crippen LogP contribution in [0.25, 0.3) is 0 Å². The Balaban J connectivity index is 2.32. The Bertz CT molecular complexity index is 652. The van der Waals surface area contributed by atoms with Gasteiger partial charge in [-0.3, -0.25) is 0 Å². The summed E-state index contributed by atoms with van der Waals surface area (Å²) in [4.78, 5) is -0.0577. The van der Waals surface area contributed by atoms with E-state index in [2.05, 4.69) is 4.72 Å². The molecule has 0 saturated heterocycles. The Morgan fingerprint density at radius 1 is 1.19 bits per heavy atom. The molecule has 2 rings (SSSR count). The second kappa shape index (κ2) is 4.76. The number of halogens is 1. The maximum absolute atomic E-state index is 13.6. The Hall–Kier alpha value is -0.980. The molecule has 0 atom stereocenters. The molecule has 1 aliphatic rings. The van der Waals surface area contributed by atoms with E-state index in [1.165, 1.54) is 12.1 Å². The summed E-state index contributed by atoms with van der Waals surface area (Å²) >= 11 is 0. The first kappa shape index (κ1) is 16.4. The molecular formula is C15H23FN2O2S. The molecule has 1 aromatic rings. The van der Waals surface area contributed by atoms with Gasteiger partial charge in [-0.2, -0.15) is 0 Å². The van der Waals surface area contributed by atoms with Crippen LogP contribution in [-0.4, -0.2) is 20.5 Å². The molecule has 0 unspecified atom stereocenters. The van der Waals surface area contributed by atoms with Crippen molar-refractivity contribution in [2.24, 2.45) is 16.6 Å². The maximum atomic E-state index is 13.6. The first-order valence-corrected chi connectivity index (χ1v) is 8.43. The lowest BCUT2D eigenvalue weighted by Crippen LogP contribution is -2.75. The zero-order chi connectivity index (χ0) is 16.2. The second-order valence-electron chi connectivity index (χ2n) is 7.09. The van der Waals surface area contributed by atoms with Gasteiger partial charge in [-0.1, -0.05) is 33.8 Å². The summed E-state index contributed by atoms with van der Waals surface area (Å²) in [5.74, 6) is -0.526. The predicted octanol–water partition coefficient (Wildman–Crippen LogP) is 2.17. The van der Waals surface area contributed by atoms with Crippen LogP contribution >= 0.6 is 0 Å². The summed E-state index contributed by atoms with van der Waals surface area (Å²) in [6, 6.07) is 3.53. The van der Waals surface area contributed by atoms with Crippen molar-refractivity contribution in [3.63, 3.8) is 0 Å². The number of aryl methyl sites for hydroxylation is 1. The van der Waals surface area contributed by atoms with Crippen LogP contribution in [0.2, 0.25) is 0 Å². The molecular weight excluding hydrogens is 291 g/mol. The van der Waals surface area contributed by atoms with E-state index in [4.69, 9.17) is 5.73 Å². The summed E-state index contributed by atoms with van der Waals surface area (Å²) in [5.41, 5.74) is 5.85. The van der Waals surface area contributed by atoms with Crippen LogP contribution < -0.4 is 10.5 Å². The molecule has 0 heterocycles. The van der Waals surface area contributed by atoms with Crippen LogP contribution in [0, 0.1) is 23.6 Å². The molecule has 1 aromatic carbocycles. The Labute approximate surface area is 126 Å². The molecule has 21 heavy (non-hydrogen) atoms. The van der Waals surface area contributed by atoms with Gasteiger partial charge in [0.25, 0.3) is 0 Å². The molecule has 0 radical (unpaired) electrons. The number of hydrogen-bond donors (Lipinski definition) is 2.